The molecule has 31 heavy (non-hydrogen) atoms. The Morgan fingerprint density at radius 1 is 0.968 bits per heavy atom. The molecular weight excluding hydrogens is 412 g/mol. The summed E-state index contributed by atoms with van der Waals surface area (Å²) >= 11 is 0. The van der Waals surface area contributed by atoms with Gasteiger partial charge in [0.1, 0.15) is 11.4 Å². The minimum atomic E-state index is -3.37. The van der Waals surface area contributed by atoms with Gasteiger partial charge in [-0.25, -0.2) is 13.2 Å². The number of ether oxygens (including phenoxy) is 2. The number of sulfone groups is 1. The van der Waals surface area contributed by atoms with Crippen molar-refractivity contribution in [2.45, 2.75) is 44.6 Å². The average Bonchev–Trinajstić information content (AvgIpc) is 2.70. The van der Waals surface area contributed by atoms with Crippen molar-refractivity contribution in [3.05, 3.63) is 60.7 Å². The van der Waals surface area contributed by atoms with Gasteiger partial charge in [-0.1, -0.05) is 49.4 Å². The van der Waals surface area contributed by atoms with E-state index in [1.165, 1.54) is 0 Å². The van der Waals surface area contributed by atoms with E-state index in [4.69, 9.17) is 9.47 Å². The summed E-state index contributed by atoms with van der Waals surface area (Å²) in [6.45, 7) is 7.00. The fourth-order valence-corrected chi connectivity index (χ4v) is 4.77. The molecule has 0 amide bonds. The van der Waals surface area contributed by atoms with Gasteiger partial charge in [-0.2, -0.15) is 0 Å². The zero-order valence-electron chi connectivity index (χ0n) is 18.3. The molecule has 0 atom stereocenters. The number of rotatable bonds is 7. The topological polar surface area (TPSA) is 69.7 Å². The Morgan fingerprint density at radius 3 is 2.42 bits per heavy atom. The monoisotopic (exact) mass is 440 g/mol. The molecule has 164 valence electrons. The van der Waals surface area contributed by atoms with Gasteiger partial charge < -0.3 is 9.47 Å². The van der Waals surface area contributed by atoms with E-state index in [1.54, 1.807) is 45.0 Å². The lowest BCUT2D eigenvalue weighted by atomic mass is 9.97. The average molecular weight is 441 g/mol. The van der Waals surface area contributed by atoms with Crippen LogP contribution in [0.1, 0.15) is 34.1 Å². The molecule has 3 aromatic rings. The number of esters is 1. The summed E-state index contributed by atoms with van der Waals surface area (Å²) in [5.74, 6) is 0.119. The SMILES string of the molecule is CCCS(=O)(=O)c1cccc(-c2c(OCC(=O)OC(C)(C)C)ccc3ccccc23)c1. The van der Waals surface area contributed by atoms with Crippen molar-refractivity contribution in [1.29, 1.82) is 0 Å². The fraction of sp³-hybridized carbons (Fsp3) is 0.320. The Labute approximate surface area is 183 Å². The molecule has 0 saturated carbocycles. The molecule has 0 fully saturated rings. The fourth-order valence-electron chi connectivity index (χ4n) is 3.41. The van der Waals surface area contributed by atoms with Crippen LogP contribution in [0.3, 0.4) is 0 Å². The first-order valence-electron chi connectivity index (χ1n) is 10.3. The molecule has 0 aromatic heterocycles. The normalized spacial score (nSPS) is 12.0. The summed E-state index contributed by atoms with van der Waals surface area (Å²) in [4.78, 5) is 12.5. The molecule has 0 bridgehead atoms. The van der Waals surface area contributed by atoms with Crippen LogP contribution in [0.15, 0.2) is 65.6 Å². The van der Waals surface area contributed by atoms with Crippen molar-refractivity contribution < 1.29 is 22.7 Å². The minimum absolute atomic E-state index is 0.0913. The minimum Gasteiger partial charge on any atom is -0.481 e. The predicted octanol–water partition coefficient (Wildman–Crippen LogP) is 5.41. The molecule has 3 aromatic carbocycles. The summed E-state index contributed by atoms with van der Waals surface area (Å²) in [6.07, 6.45) is 0.547. The first-order valence-corrected chi connectivity index (χ1v) is 12.0. The number of hydrogen-bond donors (Lipinski definition) is 0. The van der Waals surface area contributed by atoms with Crippen LogP contribution in [-0.4, -0.2) is 32.3 Å². The van der Waals surface area contributed by atoms with Crippen LogP contribution < -0.4 is 4.74 Å². The van der Waals surface area contributed by atoms with Gasteiger partial charge in [0.2, 0.25) is 0 Å². The molecule has 0 N–H and O–H groups in total. The highest BCUT2D eigenvalue weighted by Gasteiger charge is 2.19. The number of carbonyl (C=O) groups excluding carboxylic acids is 1. The molecule has 0 spiro atoms. The van der Waals surface area contributed by atoms with Crippen molar-refractivity contribution in [1.82, 2.24) is 0 Å². The number of carbonyl (C=O) groups is 1. The number of fused-ring (bicyclic) bond motifs is 1. The van der Waals surface area contributed by atoms with Crippen molar-refractivity contribution in [3.63, 3.8) is 0 Å². The van der Waals surface area contributed by atoms with E-state index in [1.807, 2.05) is 43.3 Å². The maximum atomic E-state index is 12.6. The van der Waals surface area contributed by atoms with Gasteiger partial charge in [-0.3, -0.25) is 0 Å². The molecule has 0 unspecified atom stereocenters. The Balaban J connectivity index is 2.06. The molecule has 0 aliphatic carbocycles. The maximum absolute atomic E-state index is 12.6. The van der Waals surface area contributed by atoms with E-state index in [-0.39, 0.29) is 17.3 Å². The summed E-state index contributed by atoms with van der Waals surface area (Å²) in [6, 6.07) is 18.4. The van der Waals surface area contributed by atoms with Crippen molar-refractivity contribution in [2.24, 2.45) is 0 Å². The molecule has 0 saturated heterocycles. The lowest BCUT2D eigenvalue weighted by Crippen LogP contribution is -2.27. The predicted molar refractivity (Wildman–Crippen MR) is 123 cm³/mol. The van der Waals surface area contributed by atoms with Gasteiger partial charge in [0, 0.05) is 5.56 Å². The third-order valence-corrected chi connectivity index (χ3v) is 6.53. The zero-order chi connectivity index (χ0) is 22.6. The largest absolute Gasteiger partial charge is 0.481 e. The number of benzene rings is 3. The Bertz CT molecular complexity index is 1190. The molecule has 6 heteroatoms. The highest BCUT2D eigenvalue weighted by molar-refractivity contribution is 7.91. The third kappa shape index (κ3) is 5.64. The summed E-state index contributed by atoms with van der Waals surface area (Å²) < 4.78 is 36.4. The second kappa shape index (κ2) is 9.10. The highest BCUT2D eigenvalue weighted by atomic mass is 32.2. The third-order valence-electron chi connectivity index (χ3n) is 4.61. The first-order chi connectivity index (χ1) is 14.6. The summed E-state index contributed by atoms with van der Waals surface area (Å²) in [7, 11) is -3.37. The van der Waals surface area contributed by atoms with Crippen LogP contribution in [0.2, 0.25) is 0 Å². The Hall–Kier alpha value is -2.86. The van der Waals surface area contributed by atoms with Gasteiger partial charge in [0.25, 0.3) is 0 Å². The number of hydrogen-bond acceptors (Lipinski definition) is 5. The van der Waals surface area contributed by atoms with E-state index in [0.29, 0.717) is 17.7 Å². The van der Waals surface area contributed by atoms with Crippen LogP contribution >= 0.6 is 0 Å². The smallest absolute Gasteiger partial charge is 0.344 e. The van der Waals surface area contributed by atoms with Gasteiger partial charge >= 0.3 is 5.97 Å². The quantitative estimate of drug-likeness (QED) is 0.459. The van der Waals surface area contributed by atoms with Crippen LogP contribution in [0.5, 0.6) is 5.75 Å². The lowest BCUT2D eigenvalue weighted by Gasteiger charge is -2.20. The standard InChI is InChI=1S/C25H28O5S/c1-5-15-31(27,28)20-11-8-10-19(16-20)24-21-12-7-6-9-18(21)13-14-22(24)29-17-23(26)30-25(2,3)4/h6-14,16H,5,15,17H2,1-4H3. The Kier molecular flexibility index (Phi) is 6.70. The molecule has 0 heterocycles. The van der Waals surface area contributed by atoms with Crippen molar-refractivity contribution in [2.75, 3.05) is 12.4 Å². The lowest BCUT2D eigenvalue weighted by molar-refractivity contribution is -0.157. The van der Waals surface area contributed by atoms with Gasteiger partial charge in [-0.05, 0) is 61.7 Å². The zero-order valence-corrected chi connectivity index (χ0v) is 19.2. The van der Waals surface area contributed by atoms with Crippen LogP contribution in [0.25, 0.3) is 21.9 Å². The molecule has 0 radical (unpaired) electrons. The first kappa shape index (κ1) is 22.8. The second-order valence-electron chi connectivity index (χ2n) is 8.38. The summed E-state index contributed by atoms with van der Waals surface area (Å²) in [5, 5.41) is 1.90. The van der Waals surface area contributed by atoms with Crippen LogP contribution in [-0.2, 0) is 19.4 Å². The molecule has 0 aliphatic heterocycles. The molecule has 5 nitrogen and oxygen atoms in total. The van der Waals surface area contributed by atoms with E-state index in [2.05, 4.69) is 0 Å². The van der Waals surface area contributed by atoms with E-state index >= 15 is 0 Å². The van der Waals surface area contributed by atoms with E-state index < -0.39 is 21.4 Å². The van der Waals surface area contributed by atoms with Crippen LogP contribution in [0, 0.1) is 0 Å². The van der Waals surface area contributed by atoms with Gasteiger partial charge in [0.05, 0.1) is 10.6 Å². The van der Waals surface area contributed by atoms with Gasteiger partial charge in [0.15, 0.2) is 16.4 Å². The molecule has 3 rings (SSSR count). The maximum Gasteiger partial charge on any atom is 0.344 e. The second-order valence-corrected chi connectivity index (χ2v) is 10.5. The van der Waals surface area contributed by atoms with Gasteiger partial charge in [-0.15, -0.1) is 0 Å². The van der Waals surface area contributed by atoms with Crippen LogP contribution in [0.4, 0.5) is 0 Å². The molecular formula is C25H28O5S. The summed E-state index contributed by atoms with van der Waals surface area (Å²) in [5.41, 5.74) is 0.859. The van der Waals surface area contributed by atoms with E-state index in [0.717, 1.165) is 16.3 Å². The Morgan fingerprint density at radius 2 is 1.71 bits per heavy atom. The molecule has 0 aliphatic rings. The highest BCUT2D eigenvalue weighted by Crippen LogP contribution is 2.38. The van der Waals surface area contributed by atoms with Crippen molar-refractivity contribution in [3.8, 4) is 16.9 Å². The van der Waals surface area contributed by atoms with Crippen molar-refractivity contribution >= 4 is 26.6 Å². The van der Waals surface area contributed by atoms with E-state index in [9.17, 15) is 13.2 Å².